The minimum absolute atomic E-state index is 0.111. The first-order valence-corrected chi connectivity index (χ1v) is 9.75. The van der Waals surface area contributed by atoms with Crippen molar-refractivity contribution in [2.45, 2.75) is 11.8 Å². The van der Waals surface area contributed by atoms with E-state index in [1.807, 2.05) is 32.0 Å². The van der Waals surface area contributed by atoms with E-state index in [9.17, 15) is 12.8 Å². The van der Waals surface area contributed by atoms with Crippen LogP contribution in [0.5, 0.6) is 0 Å². The fourth-order valence-electron chi connectivity index (χ4n) is 2.84. The highest BCUT2D eigenvalue weighted by atomic mass is 32.2. The number of hydrogen-bond donors (Lipinski definition) is 0. The minimum atomic E-state index is -3.62. The van der Waals surface area contributed by atoms with E-state index in [0.717, 1.165) is 23.8 Å². The van der Waals surface area contributed by atoms with Crippen LogP contribution in [0.15, 0.2) is 35.2 Å². The summed E-state index contributed by atoms with van der Waals surface area (Å²) in [6.07, 6.45) is 0. The van der Waals surface area contributed by atoms with Gasteiger partial charge in [-0.1, -0.05) is 0 Å². The van der Waals surface area contributed by atoms with E-state index in [-0.39, 0.29) is 4.90 Å². The number of nitrogens with zero attached hydrogens (tertiary/aromatic N) is 5. The van der Waals surface area contributed by atoms with Crippen molar-refractivity contribution < 1.29 is 12.8 Å². The Kier molecular flexibility index (Phi) is 5.10. The van der Waals surface area contributed by atoms with E-state index in [2.05, 4.69) is 14.9 Å². The first kappa shape index (κ1) is 18.5. The van der Waals surface area contributed by atoms with Crippen LogP contribution in [-0.4, -0.2) is 63.0 Å². The normalized spacial score (nSPS) is 15.9. The predicted octanol–water partition coefficient (Wildman–Crippen LogP) is 1.50. The molecular formula is C17H22FN5O2S. The lowest BCUT2D eigenvalue weighted by molar-refractivity contribution is 0.383. The Labute approximate surface area is 153 Å². The number of piperazine rings is 1. The number of halogens is 1. The van der Waals surface area contributed by atoms with Gasteiger partial charge in [0, 0.05) is 46.3 Å². The Balaban J connectivity index is 1.74. The van der Waals surface area contributed by atoms with Gasteiger partial charge in [-0.05, 0) is 31.2 Å². The zero-order valence-electron chi connectivity index (χ0n) is 15.1. The van der Waals surface area contributed by atoms with Crippen LogP contribution < -0.4 is 9.80 Å². The Morgan fingerprint density at radius 3 is 2.23 bits per heavy atom. The van der Waals surface area contributed by atoms with Crippen molar-refractivity contribution in [3.05, 3.63) is 42.0 Å². The van der Waals surface area contributed by atoms with Crippen molar-refractivity contribution in [2.75, 3.05) is 50.1 Å². The lowest BCUT2D eigenvalue weighted by atomic mass is 10.3. The number of anilines is 2. The summed E-state index contributed by atoms with van der Waals surface area (Å²) in [6, 6.07) is 6.82. The fraction of sp³-hybridized carbons (Fsp3) is 0.412. The monoisotopic (exact) mass is 379 g/mol. The zero-order chi connectivity index (χ0) is 18.9. The summed E-state index contributed by atoms with van der Waals surface area (Å²) in [7, 11) is 0.216. The first-order chi connectivity index (χ1) is 12.3. The molecule has 0 radical (unpaired) electrons. The van der Waals surface area contributed by atoms with Gasteiger partial charge in [-0.15, -0.1) is 0 Å². The maximum Gasteiger partial charge on any atom is 0.243 e. The average molecular weight is 379 g/mol. The highest BCUT2D eigenvalue weighted by Crippen LogP contribution is 2.22. The summed E-state index contributed by atoms with van der Waals surface area (Å²) in [5, 5.41) is 0. The van der Waals surface area contributed by atoms with Gasteiger partial charge in [0.2, 0.25) is 10.0 Å². The molecule has 2 heterocycles. The highest BCUT2D eigenvalue weighted by molar-refractivity contribution is 7.89. The first-order valence-electron chi connectivity index (χ1n) is 8.31. The second kappa shape index (κ2) is 7.16. The molecule has 0 unspecified atom stereocenters. The number of hydrogen-bond acceptors (Lipinski definition) is 6. The molecule has 2 aromatic rings. The molecule has 1 saturated heterocycles. The Bertz CT molecular complexity index is 879. The molecule has 3 rings (SSSR count). The predicted molar refractivity (Wildman–Crippen MR) is 98.5 cm³/mol. The zero-order valence-corrected chi connectivity index (χ0v) is 15.9. The Morgan fingerprint density at radius 2 is 1.65 bits per heavy atom. The van der Waals surface area contributed by atoms with Gasteiger partial charge in [-0.3, -0.25) is 0 Å². The van der Waals surface area contributed by atoms with E-state index in [4.69, 9.17) is 0 Å². The molecule has 0 amide bonds. The molecule has 7 nitrogen and oxygen atoms in total. The summed E-state index contributed by atoms with van der Waals surface area (Å²) in [6.45, 7) is 3.60. The topological polar surface area (TPSA) is 69.6 Å². The smallest absolute Gasteiger partial charge is 0.243 e. The molecule has 1 fully saturated rings. The van der Waals surface area contributed by atoms with Crippen LogP contribution in [0.4, 0.5) is 16.0 Å². The Morgan fingerprint density at radius 1 is 1.04 bits per heavy atom. The van der Waals surface area contributed by atoms with Crippen LogP contribution in [0, 0.1) is 12.7 Å². The molecule has 1 aromatic heterocycles. The van der Waals surface area contributed by atoms with Gasteiger partial charge in [-0.25, -0.2) is 22.8 Å². The van der Waals surface area contributed by atoms with E-state index < -0.39 is 15.8 Å². The van der Waals surface area contributed by atoms with Gasteiger partial charge in [0.25, 0.3) is 0 Å². The van der Waals surface area contributed by atoms with Gasteiger partial charge in [0.15, 0.2) is 0 Å². The van der Waals surface area contributed by atoms with E-state index in [1.54, 1.807) is 0 Å². The lowest BCUT2D eigenvalue weighted by Crippen LogP contribution is -2.49. The van der Waals surface area contributed by atoms with Crippen molar-refractivity contribution >= 4 is 21.7 Å². The largest absolute Gasteiger partial charge is 0.363 e. The number of benzene rings is 1. The molecule has 26 heavy (non-hydrogen) atoms. The quantitative estimate of drug-likeness (QED) is 0.802. The van der Waals surface area contributed by atoms with Gasteiger partial charge in [-0.2, -0.15) is 4.31 Å². The second-order valence-electron chi connectivity index (χ2n) is 6.37. The Hall–Kier alpha value is -2.26. The summed E-state index contributed by atoms with van der Waals surface area (Å²) in [4.78, 5) is 12.9. The van der Waals surface area contributed by atoms with Crippen LogP contribution in [0.2, 0.25) is 0 Å². The summed E-state index contributed by atoms with van der Waals surface area (Å²) in [5.41, 5.74) is 0. The summed E-state index contributed by atoms with van der Waals surface area (Å²) >= 11 is 0. The average Bonchev–Trinajstić information content (AvgIpc) is 2.61. The lowest BCUT2D eigenvalue weighted by Gasteiger charge is -2.35. The maximum atomic E-state index is 13.0. The van der Waals surface area contributed by atoms with Crippen molar-refractivity contribution in [3.8, 4) is 0 Å². The highest BCUT2D eigenvalue weighted by Gasteiger charge is 2.29. The third-order valence-electron chi connectivity index (χ3n) is 4.28. The van der Waals surface area contributed by atoms with Crippen molar-refractivity contribution in [1.29, 1.82) is 0 Å². The molecular weight excluding hydrogens is 357 g/mol. The molecule has 9 heteroatoms. The fourth-order valence-corrected chi connectivity index (χ4v) is 4.26. The van der Waals surface area contributed by atoms with Gasteiger partial charge >= 0.3 is 0 Å². The maximum absolute atomic E-state index is 13.0. The van der Waals surface area contributed by atoms with Gasteiger partial charge < -0.3 is 9.80 Å². The molecule has 1 aromatic carbocycles. The molecule has 0 atom stereocenters. The van der Waals surface area contributed by atoms with Crippen LogP contribution in [0.1, 0.15) is 5.82 Å². The van der Waals surface area contributed by atoms with Gasteiger partial charge in [0.05, 0.1) is 4.90 Å². The number of rotatable bonds is 4. The molecule has 0 aliphatic carbocycles. The standard InChI is InChI=1S/C17H22FN5O2S/c1-13-19-16(21(2)3)12-17(20-13)22-8-10-23(11-9-22)26(24,25)15-6-4-14(18)5-7-15/h4-7,12H,8-11H2,1-3H3. The van der Waals surface area contributed by atoms with Crippen LogP contribution in [-0.2, 0) is 10.0 Å². The van der Waals surface area contributed by atoms with E-state index >= 15 is 0 Å². The third kappa shape index (κ3) is 3.78. The molecule has 1 aliphatic rings. The van der Waals surface area contributed by atoms with Crippen molar-refractivity contribution in [1.82, 2.24) is 14.3 Å². The number of aryl methyl sites for hydroxylation is 1. The van der Waals surface area contributed by atoms with Crippen LogP contribution >= 0.6 is 0 Å². The number of sulfonamides is 1. The SMILES string of the molecule is Cc1nc(N(C)C)cc(N2CCN(S(=O)(=O)c3ccc(F)cc3)CC2)n1. The molecule has 0 spiro atoms. The minimum Gasteiger partial charge on any atom is -0.363 e. The van der Waals surface area contributed by atoms with E-state index in [0.29, 0.717) is 32.0 Å². The molecule has 0 saturated carbocycles. The summed E-state index contributed by atoms with van der Waals surface area (Å²) in [5.74, 6) is 1.83. The van der Waals surface area contributed by atoms with Crippen molar-refractivity contribution in [2.24, 2.45) is 0 Å². The van der Waals surface area contributed by atoms with Crippen LogP contribution in [0.3, 0.4) is 0 Å². The van der Waals surface area contributed by atoms with Crippen LogP contribution in [0.25, 0.3) is 0 Å². The summed E-state index contributed by atoms with van der Waals surface area (Å²) < 4.78 is 39.9. The molecule has 140 valence electrons. The van der Waals surface area contributed by atoms with E-state index in [1.165, 1.54) is 16.4 Å². The molecule has 0 bridgehead atoms. The second-order valence-corrected chi connectivity index (χ2v) is 8.31. The molecule has 1 aliphatic heterocycles. The van der Waals surface area contributed by atoms with Crippen molar-refractivity contribution in [3.63, 3.8) is 0 Å². The number of aromatic nitrogens is 2. The van der Waals surface area contributed by atoms with Gasteiger partial charge in [0.1, 0.15) is 23.3 Å². The molecule has 0 N–H and O–H groups in total. The third-order valence-corrected chi connectivity index (χ3v) is 6.20.